The molecule has 196 valence electrons. The Morgan fingerprint density at radius 2 is 2.06 bits per heavy atom. The van der Waals surface area contributed by atoms with E-state index in [1.165, 1.54) is 17.7 Å². The number of halogens is 2. The molecule has 2 aromatic carbocycles. The van der Waals surface area contributed by atoms with Crippen molar-refractivity contribution in [3.8, 4) is 0 Å². The highest BCUT2D eigenvalue weighted by molar-refractivity contribution is 6.31. The lowest BCUT2D eigenvalue weighted by molar-refractivity contribution is -0.137. The van der Waals surface area contributed by atoms with Gasteiger partial charge in [-0.1, -0.05) is 23.7 Å². The SMILES string of the molecule is CCOC(=O)/C=C/c1cc(C)c(F)cc1[C@@H](C)OC[C@H](O)CN1CCC[C@H]1Cc1ccc(C)c(Cl)c1. The van der Waals surface area contributed by atoms with Crippen molar-refractivity contribution in [1.82, 2.24) is 4.90 Å². The molecule has 0 bridgehead atoms. The number of carbonyl (C=O) groups excluding carboxylic acids is 1. The van der Waals surface area contributed by atoms with Crippen LogP contribution in [-0.2, 0) is 20.7 Å². The molecule has 0 aliphatic carbocycles. The van der Waals surface area contributed by atoms with Crippen LogP contribution in [0, 0.1) is 19.7 Å². The summed E-state index contributed by atoms with van der Waals surface area (Å²) >= 11 is 6.30. The van der Waals surface area contributed by atoms with Crippen LogP contribution < -0.4 is 0 Å². The van der Waals surface area contributed by atoms with E-state index in [0.717, 1.165) is 36.4 Å². The first-order valence-electron chi connectivity index (χ1n) is 12.6. The molecule has 0 amide bonds. The number of nitrogens with zero attached hydrogens (tertiary/aromatic N) is 1. The number of rotatable bonds is 11. The molecule has 1 fully saturated rings. The number of esters is 1. The first kappa shape index (κ1) is 28.3. The molecule has 0 saturated carbocycles. The molecule has 3 atom stereocenters. The number of β-amino-alcohol motifs (C(OH)–C–C–N with tert-alkyl or cyclic N) is 1. The Labute approximate surface area is 218 Å². The number of hydrogen-bond donors (Lipinski definition) is 1. The molecule has 1 N–H and O–H groups in total. The first-order chi connectivity index (χ1) is 17.2. The van der Waals surface area contributed by atoms with Gasteiger partial charge in [0.25, 0.3) is 0 Å². The van der Waals surface area contributed by atoms with Crippen LogP contribution in [0.1, 0.15) is 60.6 Å². The van der Waals surface area contributed by atoms with Gasteiger partial charge in [-0.3, -0.25) is 4.90 Å². The van der Waals surface area contributed by atoms with Gasteiger partial charge >= 0.3 is 5.97 Å². The van der Waals surface area contributed by atoms with Crippen molar-refractivity contribution in [2.24, 2.45) is 0 Å². The third-order valence-electron chi connectivity index (χ3n) is 6.68. The van der Waals surface area contributed by atoms with Crippen LogP contribution in [-0.4, -0.2) is 54.4 Å². The molecule has 0 radical (unpaired) electrons. The molecule has 5 nitrogen and oxygen atoms in total. The molecule has 36 heavy (non-hydrogen) atoms. The summed E-state index contributed by atoms with van der Waals surface area (Å²) in [6, 6.07) is 9.66. The van der Waals surface area contributed by atoms with Crippen LogP contribution in [0.3, 0.4) is 0 Å². The molecule has 2 aromatic rings. The van der Waals surface area contributed by atoms with Gasteiger partial charge in [0.15, 0.2) is 0 Å². The van der Waals surface area contributed by atoms with Crippen molar-refractivity contribution in [3.05, 3.63) is 75.1 Å². The number of aliphatic hydroxyl groups excluding tert-OH is 1. The van der Waals surface area contributed by atoms with E-state index >= 15 is 0 Å². The molecule has 7 heteroatoms. The summed E-state index contributed by atoms with van der Waals surface area (Å²) in [6.07, 6.45) is 4.85. The minimum atomic E-state index is -0.677. The fourth-order valence-corrected chi connectivity index (χ4v) is 4.84. The topological polar surface area (TPSA) is 59.0 Å². The smallest absolute Gasteiger partial charge is 0.330 e. The van der Waals surface area contributed by atoms with Crippen LogP contribution in [0.25, 0.3) is 6.08 Å². The number of ether oxygens (including phenoxy) is 2. The molecule has 1 saturated heterocycles. The van der Waals surface area contributed by atoms with Gasteiger partial charge in [-0.25, -0.2) is 9.18 Å². The number of hydrogen-bond acceptors (Lipinski definition) is 5. The van der Waals surface area contributed by atoms with Gasteiger partial charge in [0.2, 0.25) is 0 Å². The predicted octanol–water partition coefficient (Wildman–Crippen LogP) is 5.82. The minimum Gasteiger partial charge on any atom is -0.463 e. The van der Waals surface area contributed by atoms with E-state index in [9.17, 15) is 14.3 Å². The average molecular weight is 518 g/mol. The fourth-order valence-electron chi connectivity index (χ4n) is 4.63. The lowest BCUT2D eigenvalue weighted by Gasteiger charge is -2.28. The van der Waals surface area contributed by atoms with Crippen LogP contribution in [0.4, 0.5) is 4.39 Å². The van der Waals surface area contributed by atoms with E-state index in [1.54, 1.807) is 26.0 Å². The zero-order valence-corrected chi connectivity index (χ0v) is 22.4. The van der Waals surface area contributed by atoms with E-state index in [1.807, 2.05) is 26.0 Å². The lowest BCUT2D eigenvalue weighted by atomic mass is 9.99. The van der Waals surface area contributed by atoms with E-state index in [4.69, 9.17) is 21.1 Å². The Balaban J connectivity index is 1.59. The maximum Gasteiger partial charge on any atom is 0.330 e. The highest BCUT2D eigenvalue weighted by atomic mass is 35.5. The highest BCUT2D eigenvalue weighted by Gasteiger charge is 2.27. The number of likely N-dealkylation sites (tertiary alicyclic amines) is 1. The summed E-state index contributed by atoms with van der Waals surface area (Å²) in [5, 5.41) is 11.5. The molecule has 3 rings (SSSR count). The molecule has 0 spiro atoms. The molecular formula is C29H37ClFNO4. The van der Waals surface area contributed by atoms with Gasteiger partial charge in [-0.15, -0.1) is 0 Å². The Hall–Kier alpha value is -2.25. The van der Waals surface area contributed by atoms with Crippen molar-refractivity contribution >= 4 is 23.6 Å². The van der Waals surface area contributed by atoms with Crippen LogP contribution in [0.5, 0.6) is 0 Å². The summed E-state index contributed by atoms with van der Waals surface area (Å²) in [4.78, 5) is 14.1. The maximum atomic E-state index is 14.3. The summed E-state index contributed by atoms with van der Waals surface area (Å²) in [7, 11) is 0. The molecule has 1 aliphatic heterocycles. The van der Waals surface area contributed by atoms with E-state index in [0.29, 0.717) is 29.3 Å². The monoisotopic (exact) mass is 517 g/mol. The summed E-state index contributed by atoms with van der Waals surface area (Å²) in [6.45, 7) is 9.08. The Morgan fingerprint density at radius 3 is 2.78 bits per heavy atom. The van der Waals surface area contributed by atoms with E-state index in [2.05, 4.69) is 11.0 Å². The van der Waals surface area contributed by atoms with Gasteiger partial charge in [-0.05, 0) is 106 Å². The Bertz CT molecular complexity index is 1070. The normalized spacial score (nSPS) is 18.0. The predicted molar refractivity (Wildman–Crippen MR) is 142 cm³/mol. The Kier molecular flexibility index (Phi) is 10.5. The lowest BCUT2D eigenvalue weighted by Crippen LogP contribution is -2.39. The molecule has 0 unspecified atom stereocenters. The van der Waals surface area contributed by atoms with Crippen molar-refractivity contribution < 1.29 is 23.8 Å². The second-order valence-electron chi connectivity index (χ2n) is 9.52. The summed E-state index contributed by atoms with van der Waals surface area (Å²) < 4.78 is 25.2. The number of carbonyl (C=O) groups is 1. The van der Waals surface area contributed by atoms with E-state index < -0.39 is 18.2 Å². The standard InChI is InChI=1S/C29H37ClFNO4/c1-5-35-29(34)11-10-23-13-20(3)28(31)16-26(23)21(4)36-18-25(33)17-32-12-6-7-24(32)14-22-9-8-19(2)27(30)15-22/h8-11,13,15-16,21,24-25,33H,5-7,12,14,17-18H2,1-4H3/b11-10+/t21-,24+,25-/m1/s1. The molecule has 0 aromatic heterocycles. The van der Waals surface area contributed by atoms with Gasteiger partial charge in [0.1, 0.15) is 5.82 Å². The average Bonchev–Trinajstić information content (AvgIpc) is 3.26. The summed E-state index contributed by atoms with van der Waals surface area (Å²) in [5.74, 6) is -0.798. The third kappa shape index (κ3) is 7.87. The maximum absolute atomic E-state index is 14.3. The van der Waals surface area contributed by atoms with Crippen molar-refractivity contribution in [2.45, 2.75) is 65.2 Å². The highest BCUT2D eigenvalue weighted by Crippen LogP contribution is 2.27. The quantitative estimate of drug-likeness (QED) is 0.301. The second kappa shape index (κ2) is 13.3. The van der Waals surface area contributed by atoms with Crippen LogP contribution in [0.15, 0.2) is 36.4 Å². The minimum absolute atomic E-state index is 0.122. The van der Waals surface area contributed by atoms with E-state index in [-0.39, 0.29) is 19.0 Å². The number of benzene rings is 2. The Morgan fingerprint density at radius 1 is 1.28 bits per heavy atom. The summed E-state index contributed by atoms with van der Waals surface area (Å²) in [5.41, 5.74) is 4.04. The molecule has 1 heterocycles. The van der Waals surface area contributed by atoms with Gasteiger partial charge < -0.3 is 14.6 Å². The third-order valence-corrected chi connectivity index (χ3v) is 7.09. The zero-order valence-electron chi connectivity index (χ0n) is 21.6. The first-order valence-corrected chi connectivity index (χ1v) is 13.0. The molecular weight excluding hydrogens is 481 g/mol. The van der Waals surface area contributed by atoms with Crippen LogP contribution in [0.2, 0.25) is 5.02 Å². The largest absolute Gasteiger partial charge is 0.463 e. The zero-order chi connectivity index (χ0) is 26.2. The number of aliphatic hydroxyl groups is 1. The fraction of sp³-hybridized carbons (Fsp3) is 0.483. The number of aryl methyl sites for hydroxylation is 2. The van der Waals surface area contributed by atoms with Gasteiger partial charge in [0.05, 0.1) is 25.4 Å². The molecule has 1 aliphatic rings. The second-order valence-corrected chi connectivity index (χ2v) is 9.93. The van der Waals surface area contributed by atoms with Crippen molar-refractivity contribution in [3.63, 3.8) is 0 Å². The van der Waals surface area contributed by atoms with Crippen molar-refractivity contribution in [2.75, 3.05) is 26.3 Å². The van der Waals surface area contributed by atoms with Crippen molar-refractivity contribution in [1.29, 1.82) is 0 Å². The van der Waals surface area contributed by atoms with Crippen LogP contribution >= 0.6 is 11.6 Å². The van der Waals surface area contributed by atoms with Gasteiger partial charge in [0, 0.05) is 23.7 Å². The van der Waals surface area contributed by atoms with Gasteiger partial charge in [-0.2, -0.15) is 0 Å².